The topological polar surface area (TPSA) is 34.4 Å². The molecule has 0 saturated heterocycles. The molecule has 1 N–H and O–H groups in total. The molecule has 0 fully saturated rings. The first-order chi connectivity index (χ1) is 13.9. The lowest BCUT2D eigenvalue weighted by molar-refractivity contribution is -0.909. The smallest absolute Gasteiger partial charge is 0.137 e. The van der Waals surface area contributed by atoms with E-state index in [1.165, 1.54) is 22.0 Å². The number of para-hydroxylation sites is 1. The number of rotatable bonds is 9. The molecule has 0 spiro atoms. The molecular formula is C25H35N2O2+. The van der Waals surface area contributed by atoms with Crippen LogP contribution in [-0.2, 0) is 6.54 Å². The van der Waals surface area contributed by atoms with Crippen LogP contribution in [-0.4, -0.2) is 53.5 Å². The number of aliphatic hydroxyl groups excluding tert-OH is 1. The molecule has 0 amide bonds. The highest BCUT2D eigenvalue weighted by molar-refractivity contribution is 6.11. The molecular weight excluding hydrogens is 360 g/mol. The monoisotopic (exact) mass is 395 g/mol. The summed E-state index contributed by atoms with van der Waals surface area (Å²) in [5, 5.41) is 12.9. The van der Waals surface area contributed by atoms with Crippen molar-refractivity contribution in [3.63, 3.8) is 0 Å². The maximum absolute atomic E-state index is 10.6. The van der Waals surface area contributed by atoms with Crippen LogP contribution in [0.25, 0.3) is 21.8 Å². The minimum atomic E-state index is -0.491. The molecule has 0 radical (unpaired) electrons. The highest BCUT2D eigenvalue weighted by atomic mass is 16.5. The maximum Gasteiger partial charge on any atom is 0.137 e. The number of hydrogen-bond donors (Lipinski definition) is 1. The second-order valence-electron chi connectivity index (χ2n) is 8.46. The van der Waals surface area contributed by atoms with Gasteiger partial charge in [-0.1, -0.05) is 35.9 Å². The normalized spacial score (nSPS) is 13.0. The number of hydrogen-bond acceptors (Lipinski definition) is 2. The minimum absolute atomic E-state index is 0.306. The highest BCUT2D eigenvalue weighted by Crippen LogP contribution is 2.35. The minimum Gasteiger partial charge on any atom is -0.490 e. The van der Waals surface area contributed by atoms with Gasteiger partial charge in [0, 0.05) is 22.8 Å². The Morgan fingerprint density at radius 3 is 2.45 bits per heavy atom. The molecule has 0 aliphatic carbocycles. The van der Waals surface area contributed by atoms with E-state index in [-0.39, 0.29) is 0 Å². The van der Waals surface area contributed by atoms with E-state index in [0.29, 0.717) is 13.2 Å². The standard InChI is InChI=1S/C25H35N2O2/c1-6-27(5,7-2)17-20(28)18-29-24-14-10-13-23-25(24)21-11-8-9-12-22(21)26(23)16-15-19(3)4/h8-15,20,28H,6-7,16-18H2,1-5H3/q+1. The predicted octanol–water partition coefficient (Wildman–Crippen LogP) is 4.99. The summed E-state index contributed by atoms with van der Waals surface area (Å²) in [6, 6.07) is 14.7. The number of aliphatic hydroxyl groups is 1. The molecule has 29 heavy (non-hydrogen) atoms. The lowest BCUT2D eigenvalue weighted by Crippen LogP contribution is -2.49. The number of ether oxygens (including phenoxy) is 1. The van der Waals surface area contributed by atoms with E-state index >= 15 is 0 Å². The molecule has 4 nitrogen and oxygen atoms in total. The summed E-state index contributed by atoms with van der Waals surface area (Å²) in [6.45, 7) is 12.4. The van der Waals surface area contributed by atoms with Crippen molar-refractivity contribution in [2.24, 2.45) is 0 Å². The fourth-order valence-corrected chi connectivity index (χ4v) is 3.89. The van der Waals surface area contributed by atoms with E-state index in [1.54, 1.807) is 0 Å². The van der Waals surface area contributed by atoms with Crippen molar-refractivity contribution in [3.05, 3.63) is 54.1 Å². The van der Waals surface area contributed by atoms with E-state index in [0.717, 1.165) is 35.3 Å². The molecule has 0 aliphatic rings. The Bertz CT molecular complexity index is 995. The molecule has 2 aromatic carbocycles. The van der Waals surface area contributed by atoms with Gasteiger partial charge in [-0.25, -0.2) is 0 Å². The van der Waals surface area contributed by atoms with Crippen molar-refractivity contribution in [2.45, 2.75) is 40.3 Å². The predicted molar refractivity (Wildman–Crippen MR) is 123 cm³/mol. The second-order valence-corrected chi connectivity index (χ2v) is 8.46. The van der Waals surface area contributed by atoms with E-state index in [9.17, 15) is 5.11 Å². The molecule has 156 valence electrons. The molecule has 3 aromatic rings. The SMILES string of the molecule is CC[N+](C)(CC)CC(O)COc1cccc2c1c1ccccc1n2CC=C(C)C. The van der Waals surface area contributed by atoms with E-state index in [4.69, 9.17) is 4.74 Å². The summed E-state index contributed by atoms with van der Waals surface area (Å²) >= 11 is 0. The van der Waals surface area contributed by atoms with Gasteiger partial charge in [-0.3, -0.25) is 0 Å². The van der Waals surface area contributed by atoms with Crippen molar-refractivity contribution >= 4 is 21.8 Å². The molecule has 1 unspecified atom stereocenters. The summed E-state index contributed by atoms with van der Waals surface area (Å²) in [7, 11) is 2.18. The van der Waals surface area contributed by atoms with Crippen molar-refractivity contribution in [2.75, 3.05) is 33.3 Å². The number of allylic oxidation sites excluding steroid dienone is 2. The molecule has 3 rings (SSSR count). The summed E-state index contributed by atoms with van der Waals surface area (Å²) in [6.07, 6.45) is 1.76. The van der Waals surface area contributed by atoms with Gasteiger partial charge in [0.05, 0.1) is 25.7 Å². The number of fused-ring (bicyclic) bond motifs is 3. The van der Waals surface area contributed by atoms with E-state index in [2.05, 4.69) is 75.7 Å². The van der Waals surface area contributed by atoms with Crippen LogP contribution < -0.4 is 4.74 Å². The van der Waals surface area contributed by atoms with Crippen LogP contribution in [0.4, 0.5) is 0 Å². The fraction of sp³-hybridized carbons (Fsp3) is 0.440. The molecule has 0 bridgehead atoms. The van der Waals surface area contributed by atoms with Crippen molar-refractivity contribution in [1.29, 1.82) is 0 Å². The average molecular weight is 396 g/mol. The first-order valence-electron chi connectivity index (χ1n) is 10.7. The number of benzene rings is 2. The number of aromatic nitrogens is 1. The Labute approximate surface area is 174 Å². The van der Waals surface area contributed by atoms with Crippen LogP contribution in [0.15, 0.2) is 54.1 Å². The molecule has 1 atom stereocenters. The Morgan fingerprint density at radius 2 is 1.76 bits per heavy atom. The Kier molecular flexibility index (Phi) is 6.66. The van der Waals surface area contributed by atoms with Crippen molar-refractivity contribution < 1.29 is 14.3 Å². The Morgan fingerprint density at radius 1 is 1.07 bits per heavy atom. The largest absolute Gasteiger partial charge is 0.490 e. The fourth-order valence-electron chi connectivity index (χ4n) is 3.89. The van der Waals surface area contributed by atoms with Gasteiger partial charge < -0.3 is 18.9 Å². The zero-order valence-electron chi connectivity index (χ0n) is 18.5. The van der Waals surface area contributed by atoms with Gasteiger partial charge >= 0.3 is 0 Å². The molecule has 0 aliphatic heterocycles. The average Bonchev–Trinajstić information content (AvgIpc) is 3.04. The van der Waals surface area contributed by atoms with Gasteiger partial charge in [-0.05, 0) is 45.9 Å². The summed E-state index contributed by atoms with van der Waals surface area (Å²) in [5.41, 5.74) is 3.68. The maximum atomic E-state index is 10.6. The van der Waals surface area contributed by atoms with E-state index in [1.807, 2.05) is 12.1 Å². The second kappa shape index (κ2) is 9.02. The first kappa shape index (κ1) is 21.4. The Balaban J connectivity index is 1.94. The van der Waals surface area contributed by atoms with Crippen LogP contribution in [0.2, 0.25) is 0 Å². The highest BCUT2D eigenvalue weighted by Gasteiger charge is 2.22. The van der Waals surface area contributed by atoms with Crippen molar-refractivity contribution in [1.82, 2.24) is 4.57 Å². The molecule has 1 aromatic heterocycles. The van der Waals surface area contributed by atoms with Crippen LogP contribution >= 0.6 is 0 Å². The van der Waals surface area contributed by atoms with Crippen LogP contribution in [0, 0.1) is 0 Å². The quantitative estimate of drug-likeness (QED) is 0.409. The van der Waals surface area contributed by atoms with Crippen molar-refractivity contribution in [3.8, 4) is 5.75 Å². The van der Waals surface area contributed by atoms with Gasteiger partial charge in [0.15, 0.2) is 0 Å². The zero-order chi connectivity index (χ0) is 21.0. The van der Waals surface area contributed by atoms with Gasteiger partial charge in [0.1, 0.15) is 25.0 Å². The number of quaternary nitrogens is 1. The third-order valence-corrected chi connectivity index (χ3v) is 6.05. The molecule has 0 saturated carbocycles. The third kappa shape index (κ3) is 4.65. The zero-order valence-corrected chi connectivity index (χ0v) is 18.5. The first-order valence-corrected chi connectivity index (χ1v) is 10.7. The lowest BCUT2D eigenvalue weighted by atomic mass is 10.1. The van der Waals surface area contributed by atoms with Gasteiger partial charge in [0.25, 0.3) is 0 Å². The molecule has 4 heteroatoms. The van der Waals surface area contributed by atoms with Gasteiger partial charge in [0.2, 0.25) is 0 Å². The number of likely N-dealkylation sites (N-methyl/N-ethyl adjacent to an activating group) is 1. The van der Waals surface area contributed by atoms with Gasteiger partial charge in [-0.15, -0.1) is 0 Å². The van der Waals surface area contributed by atoms with Gasteiger partial charge in [-0.2, -0.15) is 0 Å². The van der Waals surface area contributed by atoms with Crippen LogP contribution in [0.1, 0.15) is 27.7 Å². The van der Waals surface area contributed by atoms with Crippen LogP contribution in [0.5, 0.6) is 5.75 Å². The molecule has 1 heterocycles. The lowest BCUT2D eigenvalue weighted by Gasteiger charge is -2.33. The summed E-state index contributed by atoms with van der Waals surface area (Å²) in [4.78, 5) is 0. The van der Waals surface area contributed by atoms with E-state index < -0.39 is 6.10 Å². The summed E-state index contributed by atoms with van der Waals surface area (Å²) in [5.74, 6) is 0.843. The Hall–Kier alpha value is -2.30. The van der Waals surface area contributed by atoms with Crippen LogP contribution in [0.3, 0.4) is 0 Å². The number of nitrogens with zero attached hydrogens (tertiary/aromatic N) is 2. The summed E-state index contributed by atoms with van der Waals surface area (Å²) < 4.78 is 9.35. The third-order valence-electron chi connectivity index (χ3n) is 6.05.